The molecule has 2 heterocycles. The fraction of sp³-hybridized carbons (Fsp3) is 0.346. The molecule has 1 aliphatic heterocycles. The summed E-state index contributed by atoms with van der Waals surface area (Å²) in [4.78, 5) is 30.3. The van der Waals surface area contributed by atoms with Crippen molar-refractivity contribution >= 4 is 12.0 Å². The molecular formula is C26H31N5O3. The molecule has 0 aliphatic carbocycles. The molecule has 178 valence electrons. The zero-order valence-corrected chi connectivity index (χ0v) is 19.8. The first-order valence-corrected chi connectivity index (χ1v) is 11.6. The van der Waals surface area contributed by atoms with Crippen molar-refractivity contribution in [2.75, 3.05) is 46.4 Å². The number of likely N-dealkylation sites (N-methyl/N-ethyl adjacent to an activating group) is 1. The zero-order valence-electron chi connectivity index (χ0n) is 19.8. The molecule has 2 aromatic carbocycles. The second-order valence-electron chi connectivity index (χ2n) is 8.39. The molecule has 0 unspecified atom stereocenters. The number of hydrogen-bond donors (Lipinski definition) is 0. The van der Waals surface area contributed by atoms with E-state index in [1.54, 1.807) is 11.8 Å². The first-order valence-electron chi connectivity index (χ1n) is 11.6. The molecule has 1 aromatic heterocycles. The van der Waals surface area contributed by atoms with Crippen LogP contribution in [0.5, 0.6) is 0 Å². The molecule has 8 heteroatoms. The highest BCUT2D eigenvalue weighted by Crippen LogP contribution is 2.24. The van der Waals surface area contributed by atoms with Gasteiger partial charge in [-0.05, 0) is 26.1 Å². The van der Waals surface area contributed by atoms with Crippen LogP contribution in [0.25, 0.3) is 16.9 Å². The van der Waals surface area contributed by atoms with E-state index in [2.05, 4.69) is 12.1 Å². The molecule has 0 radical (unpaired) electrons. The molecule has 3 aromatic rings. The Morgan fingerprint density at radius 3 is 2.21 bits per heavy atom. The molecule has 1 saturated heterocycles. The van der Waals surface area contributed by atoms with Gasteiger partial charge in [-0.15, -0.1) is 0 Å². The van der Waals surface area contributed by atoms with Crippen LogP contribution < -0.4 is 0 Å². The SMILES string of the molecule is CCOC(=O)N1CCN(C(=O)CN(C)Cc2cn(-c3ccccc3)nc2-c2ccccc2)CC1. The summed E-state index contributed by atoms with van der Waals surface area (Å²) < 4.78 is 6.95. The predicted molar refractivity (Wildman–Crippen MR) is 131 cm³/mol. The number of aromatic nitrogens is 2. The van der Waals surface area contributed by atoms with Gasteiger partial charge in [0.1, 0.15) is 0 Å². The predicted octanol–water partition coefficient (Wildman–Crippen LogP) is 3.27. The highest BCUT2D eigenvalue weighted by atomic mass is 16.6. The second kappa shape index (κ2) is 11.0. The van der Waals surface area contributed by atoms with Crippen molar-refractivity contribution in [3.05, 3.63) is 72.4 Å². The lowest BCUT2D eigenvalue weighted by Gasteiger charge is -2.34. The first kappa shape index (κ1) is 23.5. The van der Waals surface area contributed by atoms with Crippen LogP contribution >= 0.6 is 0 Å². The van der Waals surface area contributed by atoms with Crippen molar-refractivity contribution in [1.82, 2.24) is 24.5 Å². The van der Waals surface area contributed by atoms with E-state index in [-0.39, 0.29) is 12.0 Å². The van der Waals surface area contributed by atoms with Crippen molar-refractivity contribution in [2.45, 2.75) is 13.5 Å². The number of amides is 2. The maximum absolute atomic E-state index is 12.9. The molecule has 8 nitrogen and oxygen atoms in total. The third kappa shape index (κ3) is 5.63. The fourth-order valence-electron chi connectivity index (χ4n) is 4.11. The smallest absolute Gasteiger partial charge is 0.409 e. The number of carbonyl (C=O) groups is 2. The Kier molecular flexibility index (Phi) is 7.59. The van der Waals surface area contributed by atoms with E-state index in [0.29, 0.717) is 45.9 Å². The summed E-state index contributed by atoms with van der Waals surface area (Å²) in [6.07, 6.45) is 1.73. The zero-order chi connectivity index (χ0) is 23.9. The van der Waals surface area contributed by atoms with Crippen LogP contribution in [0.4, 0.5) is 4.79 Å². The van der Waals surface area contributed by atoms with Crippen LogP contribution in [0.15, 0.2) is 66.9 Å². The number of rotatable bonds is 7. The fourth-order valence-corrected chi connectivity index (χ4v) is 4.11. The van der Waals surface area contributed by atoms with Gasteiger partial charge in [-0.2, -0.15) is 5.10 Å². The van der Waals surface area contributed by atoms with Crippen LogP contribution in [0.1, 0.15) is 12.5 Å². The van der Waals surface area contributed by atoms with Crippen molar-refractivity contribution in [2.24, 2.45) is 0 Å². The third-order valence-corrected chi connectivity index (χ3v) is 5.86. The molecule has 34 heavy (non-hydrogen) atoms. The van der Waals surface area contributed by atoms with E-state index in [1.807, 2.05) is 76.3 Å². The van der Waals surface area contributed by atoms with Gasteiger partial charge in [-0.25, -0.2) is 9.48 Å². The van der Waals surface area contributed by atoms with Gasteiger partial charge in [0.15, 0.2) is 0 Å². The second-order valence-corrected chi connectivity index (χ2v) is 8.39. The number of nitrogens with zero attached hydrogens (tertiary/aromatic N) is 5. The summed E-state index contributed by atoms with van der Waals surface area (Å²) in [5, 5.41) is 4.86. The summed E-state index contributed by atoms with van der Waals surface area (Å²) in [6.45, 7) is 5.07. The van der Waals surface area contributed by atoms with E-state index in [4.69, 9.17) is 9.84 Å². The van der Waals surface area contributed by atoms with Gasteiger partial charge in [0.2, 0.25) is 5.91 Å². The van der Waals surface area contributed by atoms with Crippen molar-refractivity contribution in [1.29, 1.82) is 0 Å². The van der Waals surface area contributed by atoms with Crippen LogP contribution in [0.3, 0.4) is 0 Å². The van der Waals surface area contributed by atoms with Crippen LogP contribution in [-0.4, -0.2) is 82.9 Å². The lowest BCUT2D eigenvalue weighted by molar-refractivity contribution is -0.133. The molecule has 0 N–H and O–H groups in total. The van der Waals surface area contributed by atoms with Crippen molar-refractivity contribution in [3.8, 4) is 16.9 Å². The Bertz CT molecular complexity index is 1090. The van der Waals surface area contributed by atoms with E-state index < -0.39 is 0 Å². The molecule has 0 atom stereocenters. The van der Waals surface area contributed by atoms with E-state index in [9.17, 15) is 9.59 Å². The minimum absolute atomic E-state index is 0.0581. The van der Waals surface area contributed by atoms with Gasteiger partial charge in [0, 0.05) is 50.0 Å². The summed E-state index contributed by atoms with van der Waals surface area (Å²) in [5.41, 5.74) is 4.00. The minimum atomic E-state index is -0.310. The molecule has 2 amide bonds. The van der Waals surface area contributed by atoms with Gasteiger partial charge < -0.3 is 14.5 Å². The van der Waals surface area contributed by atoms with E-state index in [1.165, 1.54) is 0 Å². The number of carbonyl (C=O) groups excluding carboxylic acids is 2. The van der Waals surface area contributed by atoms with Gasteiger partial charge in [0.05, 0.1) is 24.5 Å². The summed E-state index contributed by atoms with van der Waals surface area (Å²) in [7, 11) is 1.95. The maximum atomic E-state index is 12.9. The molecule has 0 saturated carbocycles. The van der Waals surface area contributed by atoms with Gasteiger partial charge >= 0.3 is 6.09 Å². The first-order chi connectivity index (χ1) is 16.5. The number of para-hydroxylation sites is 1. The summed E-state index contributed by atoms with van der Waals surface area (Å²) in [6, 6.07) is 20.1. The lowest BCUT2D eigenvalue weighted by atomic mass is 10.1. The van der Waals surface area contributed by atoms with Crippen molar-refractivity contribution < 1.29 is 14.3 Å². The number of hydrogen-bond acceptors (Lipinski definition) is 5. The number of benzene rings is 2. The third-order valence-electron chi connectivity index (χ3n) is 5.86. The monoisotopic (exact) mass is 461 g/mol. The highest BCUT2D eigenvalue weighted by Gasteiger charge is 2.25. The Balaban J connectivity index is 1.42. The van der Waals surface area contributed by atoms with Crippen molar-refractivity contribution in [3.63, 3.8) is 0 Å². The average Bonchev–Trinajstić information content (AvgIpc) is 3.29. The number of ether oxygens (including phenoxy) is 1. The molecule has 4 rings (SSSR count). The highest BCUT2D eigenvalue weighted by molar-refractivity contribution is 5.78. The van der Waals surface area contributed by atoms with Crippen LogP contribution in [0, 0.1) is 0 Å². The topological polar surface area (TPSA) is 70.9 Å². The molecule has 1 aliphatic rings. The summed E-state index contributed by atoms with van der Waals surface area (Å²) in [5.74, 6) is 0.0581. The van der Waals surface area contributed by atoms with Gasteiger partial charge in [0.25, 0.3) is 0 Å². The maximum Gasteiger partial charge on any atom is 0.409 e. The number of piperazine rings is 1. The minimum Gasteiger partial charge on any atom is -0.450 e. The average molecular weight is 462 g/mol. The van der Waals surface area contributed by atoms with Crippen LogP contribution in [0.2, 0.25) is 0 Å². The van der Waals surface area contributed by atoms with E-state index >= 15 is 0 Å². The molecule has 0 spiro atoms. The normalized spacial score (nSPS) is 13.9. The quantitative estimate of drug-likeness (QED) is 0.540. The molecule has 0 bridgehead atoms. The van der Waals surface area contributed by atoms with Gasteiger partial charge in [-0.1, -0.05) is 48.5 Å². The van der Waals surface area contributed by atoms with E-state index in [0.717, 1.165) is 22.5 Å². The Morgan fingerprint density at radius 2 is 1.56 bits per heavy atom. The standard InChI is InChI=1S/C26H31N5O3/c1-3-34-26(33)30-16-14-29(15-17-30)24(32)20-28(2)18-22-19-31(23-12-8-5-9-13-23)27-25(22)21-10-6-4-7-11-21/h4-13,19H,3,14-18,20H2,1-2H3. The molecular weight excluding hydrogens is 430 g/mol. The largest absolute Gasteiger partial charge is 0.450 e. The van der Waals surface area contributed by atoms with Gasteiger partial charge in [-0.3, -0.25) is 9.69 Å². The Morgan fingerprint density at radius 1 is 0.941 bits per heavy atom. The Hall–Kier alpha value is -3.65. The van der Waals surface area contributed by atoms with Crippen LogP contribution in [-0.2, 0) is 16.1 Å². The summed E-state index contributed by atoms with van der Waals surface area (Å²) >= 11 is 0. The Labute approximate surface area is 200 Å². The lowest BCUT2D eigenvalue weighted by Crippen LogP contribution is -2.52. The molecule has 1 fully saturated rings.